The lowest BCUT2D eigenvalue weighted by Gasteiger charge is -2.04. The molecule has 0 amide bonds. The summed E-state index contributed by atoms with van der Waals surface area (Å²) >= 11 is 11.8. The fourth-order valence-corrected chi connectivity index (χ4v) is 2.21. The van der Waals surface area contributed by atoms with Crippen LogP contribution in [0.3, 0.4) is 0 Å². The van der Waals surface area contributed by atoms with E-state index in [-0.39, 0.29) is 5.78 Å². The van der Waals surface area contributed by atoms with Gasteiger partial charge in [-0.1, -0.05) is 23.2 Å². The number of ketones is 1. The standard InChI is InChI=1S/C15H8Cl2N2O/c16-11-3-1-9(7-12(11)17)15(20)10-2-4-13-14(8-10)19-6-5-18-13/h1-8H. The number of hydrogen-bond acceptors (Lipinski definition) is 3. The molecule has 1 heterocycles. The van der Waals surface area contributed by atoms with Gasteiger partial charge in [0.25, 0.3) is 0 Å². The smallest absolute Gasteiger partial charge is 0.193 e. The average molecular weight is 303 g/mol. The van der Waals surface area contributed by atoms with Crippen LogP contribution in [0.5, 0.6) is 0 Å². The van der Waals surface area contributed by atoms with Crippen molar-refractivity contribution in [3.05, 3.63) is 70.0 Å². The molecule has 3 rings (SSSR count). The lowest BCUT2D eigenvalue weighted by molar-refractivity contribution is 0.103. The van der Waals surface area contributed by atoms with Crippen molar-refractivity contribution in [2.45, 2.75) is 0 Å². The summed E-state index contributed by atoms with van der Waals surface area (Å²) in [7, 11) is 0. The first-order valence-corrected chi connectivity index (χ1v) is 6.61. The SMILES string of the molecule is O=C(c1ccc(Cl)c(Cl)c1)c1ccc2nccnc2c1. The van der Waals surface area contributed by atoms with Crippen LogP contribution in [0.25, 0.3) is 11.0 Å². The molecule has 98 valence electrons. The van der Waals surface area contributed by atoms with Crippen LogP contribution >= 0.6 is 23.2 Å². The first-order valence-electron chi connectivity index (χ1n) is 5.86. The predicted molar refractivity (Wildman–Crippen MR) is 79.4 cm³/mol. The van der Waals surface area contributed by atoms with Gasteiger partial charge in [-0.3, -0.25) is 14.8 Å². The Balaban J connectivity index is 2.05. The molecule has 2 aromatic carbocycles. The Labute approximate surface area is 125 Å². The van der Waals surface area contributed by atoms with Crippen LogP contribution in [0, 0.1) is 0 Å². The number of carbonyl (C=O) groups excluding carboxylic acids is 1. The van der Waals surface area contributed by atoms with Gasteiger partial charge in [-0.25, -0.2) is 0 Å². The molecule has 0 N–H and O–H groups in total. The van der Waals surface area contributed by atoms with Crippen molar-refractivity contribution in [3.63, 3.8) is 0 Å². The summed E-state index contributed by atoms with van der Waals surface area (Å²) < 4.78 is 0. The van der Waals surface area contributed by atoms with E-state index in [1.807, 2.05) is 0 Å². The van der Waals surface area contributed by atoms with Gasteiger partial charge < -0.3 is 0 Å². The van der Waals surface area contributed by atoms with E-state index in [2.05, 4.69) is 9.97 Å². The minimum Gasteiger partial charge on any atom is -0.289 e. The molecule has 0 saturated carbocycles. The average Bonchev–Trinajstić information content (AvgIpc) is 2.49. The van der Waals surface area contributed by atoms with Crippen LogP contribution in [0.15, 0.2) is 48.8 Å². The van der Waals surface area contributed by atoms with Gasteiger partial charge in [0.1, 0.15) is 0 Å². The molecule has 0 aliphatic rings. The van der Waals surface area contributed by atoms with E-state index in [0.717, 1.165) is 5.52 Å². The molecule has 0 bridgehead atoms. The number of halogens is 2. The summed E-state index contributed by atoms with van der Waals surface area (Å²) in [5.74, 6) is -0.129. The summed E-state index contributed by atoms with van der Waals surface area (Å²) in [5, 5.41) is 0.783. The molecule has 0 atom stereocenters. The third kappa shape index (κ3) is 2.38. The topological polar surface area (TPSA) is 42.9 Å². The van der Waals surface area contributed by atoms with Crippen molar-refractivity contribution >= 4 is 40.0 Å². The molecule has 20 heavy (non-hydrogen) atoms. The Bertz CT molecular complexity index is 818. The van der Waals surface area contributed by atoms with Crippen LogP contribution in [0.1, 0.15) is 15.9 Å². The number of aromatic nitrogens is 2. The highest BCUT2D eigenvalue weighted by molar-refractivity contribution is 6.42. The number of hydrogen-bond donors (Lipinski definition) is 0. The number of fused-ring (bicyclic) bond motifs is 1. The minimum atomic E-state index is -0.129. The highest BCUT2D eigenvalue weighted by Gasteiger charge is 2.11. The maximum atomic E-state index is 12.4. The second kappa shape index (κ2) is 5.19. The Kier molecular flexibility index (Phi) is 3.38. The molecule has 0 spiro atoms. The fraction of sp³-hybridized carbons (Fsp3) is 0. The molecule has 0 radical (unpaired) electrons. The first kappa shape index (κ1) is 13.0. The summed E-state index contributed by atoms with van der Waals surface area (Å²) in [6.45, 7) is 0. The zero-order valence-electron chi connectivity index (χ0n) is 10.2. The molecule has 3 nitrogen and oxygen atoms in total. The van der Waals surface area contributed by atoms with Crippen molar-refractivity contribution in [1.82, 2.24) is 9.97 Å². The maximum Gasteiger partial charge on any atom is 0.193 e. The van der Waals surface area contributed by atoms with Gasteiger partial charge >= 0.3 is 0 Å². The molecule has 0 aliphatic heterocycles. The van der Waals surface area contributed by atoms with Crippen LogP contribution < -0.4 is 0 Å². The number of rotatable bonds is 2. The fourth-order valence-electron chi connectivity index (χ4n) is 1.91. The highest BCUT2D eigenvalue weighted by Crippen LogP contribution is 2.24. The highest BCUT2D eigenvalue weighted by atomic mass is 35.5. The Morgan fingerprint density at radius 2 is 1.45 bits per heavy atom. The molecule has 0 fully saturated rings. The second-order valence-electron chi connectivity index (χ2n) is 4.22. The Morgan fingerprint density at radius 3 is 2.20 bits per heavy atom. The normalized spacial score (nSPS) is 10.7. The van der Waals surface area contributed by atoms with Crippen molar-refractivity contribution in [2.24, 2.45) is 0 Å². The molecule has 0 unspecified atom stereocenters. The third-order valence-corrected chi connectivity index (χ3v) is 3.65. The zero-order valence-corrected chi connectivity index (χ0v) is 11.7. The van der Waals surface area contributed by atoms with Gasteiger partial charge in [0.2, 0.25) is 0 Å². The van der Waals surface area contributed by atoms with E-state index in [1.54, 1.807) is 48.8 Å². The number of benzene rings is 2. The van der Waals surface area contributed by atoms with Crippen LogP contribution in [0.2, 0.25) is 10.0 Å². The first-order chi connectivity index (χ1) is 9.65. The molecular weight excluding hydrogens is 295 g/mol. The molecule has 0 aliphatic carbocycles. The zero-order chi connectivity index (χ0) is 14.1. The lowest BCUT2D eigenvalue weighted by atomic mass is 10.0. The van der Waals surface area contributed by atoms with E-state index in [1.165, 1.54) is 0 Å². The largest absolute Gasteiger partial charge is 0.289 e. The second-order valence-corrected chi connectivity index (χ2v) is 5.03. The van der Waals surface area contributed by atoms with E-state index in [0.29, 0.717) is 26.7 Å². The maximum absolute atomic E-state index is 12.4. The van der Waals surface area contributed by atoms with Crippen LogP contribution in [0.4, 0.5) is 0 Å². The van der Waals surface area contributed by atoms with Gasteiger partial charge in [0.05, 0.1) is 21.1 Å². The minimum absolute atomic E-state index is 0.129. The van der Waals surface area contributed by atoms with E-state index >= 15 is 0 Å². The monoisotopic (exact) mass is 302 g/mol. The van der Waals surface area contributed by atoms with Crippen LogP contribution in [-0.2, 0) is 0 Å². The van der Waals surface area contributed by atoms with Gasteiger partial charge in [-0.05, 0) is 36.4 Å². The Morgan fingerprint density at radius 1 is 0.800 bits per heavy atom. The van der Waals surface area contributed by atoms with Crippen molar-refractivity contribution < 1.29 is 4.79 Å². The van der Waals surface area contributed by atoms with E-state index < -0.39 is 0 Å². The summed E-state index contributed by atoms with van der Waals surface area (Å²) in [6, 6.07) is 10.0. The molecule has 3 aromatic rings. The van der Waals surface area contributed by atoms with Gasteiger partial charge in [0, 0.05) is 23.5 Å². The van der Waals surface area contributed by atoms with Crippen molar-refractivity contribution in [1.29, 1.82) is 0 Å². The van der Waals surface area contributed by atoms with E-state index in [9.17, 15) is 4.79 Å². The van der Waals surface area contributed by atoms with Gasteiger partial charge in [-0.2, -0.15) is 0 Å². The molecule has 0 saturated heterocycles. The lowest BCUT2D eigenvalue weighted by Crippen LogP contribution is -2.01. The van der Waals surface area contributed by atoms with Crippen LogP contribution in [-0.4, -0.2) is 15.8 Å². The summed E-state index contributed by atoms with van der Waals surface area (Å²) in [4.78, 5) is 20.8. The van der Waals surface area contributed by atoms with Gasteiger partial charge in [-0.15, -0.1) is 0 Å². The molecular formula is C15H8Cl2N2O. The predicted octanol–water partition coefficient (Wildman–Crippen LogP) is 4.17. The number of carbonyl (C=O) groups is 1. The Hall–Kier alpha value is -1.97. The number of nitrogens with zero attached hydrogens (tertiary/aromatic N) is 2. The van der Waals surface area contributed by atoms with Crippen molar-refractivity contribution in [3.8, 4) is 0 Å². The summed E-state index contributed by atoms with van der Waals surface area (Å²) in [5.41, 5.74) is 2.45. The third-order valence-electron chi connectivity index (χ3n) is 2.91. The van der Waals surface area contributed by atoms with Gasteiger partial charge in [0.15, 0.2) is 5.78 Å². The molecule has 5 heteroatoms. The quantitative estimate of drug-likeness (QED) is 0.667. The summed E-state index contributed by atoms with van der Waals surface area (Å²) in [6.07, 6.45) is 3.21. The molecule has 1 aromatic heterocycles. The van der Waals surface area contributed by atoms with Crippen molar-refractivity contribution in [2.75, 3.05) is 0 Å². The van der Waals surface area contributed by atoms with E-state index in [4.69, 9.17) is 23.2 Å².